The van der Waals surface area contributed by atoms with Crippen LogP contribution >= 0.6 is 34.5 Å². The van der Waals surface area contributed by atoms with Crippen LogP contribution in [0.4, 0.5) is 5.13 Å². The highest BCUT2D eigenvalue weighted by atomic mass is 35.5. The topological polar surface area (TPSA) is 93.2 Å². The van der Waals surface area contributed by atoms with Gasteiger partial charge in [-0.05, 0) is 17.7 Å². The predicted molar refractivity (Wildman–Crippen MR) is 118 cm³/mol. The van der Waals surface area contributed by atoms with Crippen molar-refractivity contribution in [3.8, 4) is 16.3 Å². The summed E-state index contributed by atoms with van der Waals surface area (Å²) in [6.45, 7) is 0. The summed E-state index contributed by atoms with van der Waals surface area (Å²) in [7, 11) is 1.58. The average molecular weight is 465 g/mol. The van der Waals surface area contributed by atoms with Crippen molar-refractivity contribution < 1.29 is 14.3 Å². The Morgan fingerprint density at radius 1 is 1.07 bits per heavy atom. The number of ether oxygens (including phenoxy) is 1. The van der Waals surface area contributed by atoms with Gasteiger partial charge in [-0.1, -0.05) is 77.0 Å². The molecule has 2 aromatic carbocycles. The Balaban J connectivity index is 1.74. The van der Waals surface area contributed by atoms with Crippen LogP contribution in [-0.4, -0.2) is 40.0 Å². The normalized spacial score (nSPS) is 11.7. The number of carbonyl (C=O) groups is 2. The minimum Gasteiger partial charge on any atom is -0.497 e. The summed E-state index contributed by atoms with van der Waals surface area (Å²) in [4.78, 5) is 23.5. The minimum absolute atomic E-state index is 0.264. The second-order valence-electron chi connectivity index (χ2n) is 6.19. The zero-order valence-corrected chi connectivity index (χ0v) is 18.2. The van der Waals surface area contributed by atoms with Gasteiger partial charge in [-0.3, -0.25) is 14.9 Å². The SMILES string of the molecule is COc1cccc(-c2nnc(NC(=O)[C@H](Cc3ccccc3)NC(=O)C(Cl)Cl)s2)c1. The highest BCUT2D eigenvalue weighted by Crippen LogP contribution is 2.28. The van der Waals surface area contributed by atoms with Crippen LogP contribution in [0, 0.1) is 0 Å². The zero-order chi connectivity index (χ0) is 21.5. The van der Waals surface area contributed by atoms with E-state index < -0.39 is 22.7 Å². The predicted octanol–water partition coefficient (Wildman–Crippen LogP) is 3.68. The molecule has 0 saturated heterocycles. The molecule has 0 radical (unpaired) electrons. The van der Waals surface area contributed by atoms with Gasteiger partial charge in [0.25, 0.3) is 5.91 Å². The van der Waals surface area contributed by atoms with Gasteiger partial charge >= 0.3 is 0 Å². The van der Waals surface area contributed by atoms with E-state index in [9.17, 15) is 9.59 Å². The lowest BCUT2D eigenvalue weighted by atomic mass is 10.1. The molecule has 3 rings (SSSR count). The number of amides is 2. The smallest absolute Gasteiger partial charge is 0.253 e. The molecule has 2 N–H and O–H groups in total. The van der Waals surface area contributed by atoms with Crippen LogP contribution in [0.3, 0.4) is 0 Å². The van der Waals surface area contributed by atoms with E-state index in [1.54, 1.807) is 7.11 Å². The lowest BCUT2D eigenvalue weighted by Gasteiger charge is -2.18. The summed E-state index contributed by atoms with van der Waals surface area (Å²) < 4.78 is 5.22. The quantitative estimate of drug-likeness (QED) is 0.495. The van der Waals surface area contributed by atoms with Crippen molar-refractivity contribution >= 4 is 51.5 Å². The van der Waals surface area contributed by atoms with Gasteiger partial charge in [0, 0.05) is 12.0 Å². The van der Waals surface area contributed by atoms with Crippen LogP contribution in [0.1, 0.15) is 5.56 Å². The summed E-state index contributed by atoms with van der Waals surface area (Å²) in [6.07, 6.45) is 0.264. The maximum absolute atomic E-state index is 12.8. The van der Waals surface area contributed by atoms with Crippen LogP contribution in [0.2, 0.25) is 0 Å². The average Bonchev–Trinajstić information content (AvgIpc) is 3.22. The number of halogens is 2. The minimum atomic E-state index is -1.28. The number of methoxy groups -OCH3 is 1. The summed E-state index contributed by atoms with van der Waals surface area (Å²) >= 11 is 12.5. The number of rotatable bonds is 8. The van der Waals surface area contributed by atoms with Crippen LogP contribution < -0.4 is 15.4 Å². The molecule has 0 aliphatic heterocycles. The molecule has 0 unspecified atom stereocenters. The Morgan fingerprint density at radius 2 is 1.83 bits per heavy atom. The number of alkyl halides is 2. The van der Waals surface area contributed by atoms with Crippen LogP contribution in [0.25, 0.3) is 10.6 Å². The first-order chi connectivity index (χ1) is 14.5. The first-order valence-corrected chi connectivity index (χ1v) is 10.6. The number of aromatic nitrogens is 2. The van der Waals surface area contributed by atoms with Gasteiger partial charge in [0.1, 0.15) is 16.8 Å². The van der Waals surface area contributed by atoms with Crippen molar-refractivity contribution in [3.63, 3.8) is 0 Å². The molecule has 1 heterocycles. The van der Waals surface area contributed by atoms with Crippen molar-refractivity contribution in [2.75, 3.05) is 12.4 Å². The molecule has 0 spiro atoms. The molecule has 30 heavy (non-hydrogen) atoms. The summed E-state index contributed by atoms with van der Waals surface area (Å²) in [5, 5.41) is 14.3. The summed E-state index contributed by atoms with van der Waals surface area (Å²) in [6, 6.07) is 15.8. The van der Waals surface area contributed by atoms with Gasteiger partial charge in [0.2, 0.25) is 11.0 Å². The molecular formula is C20H18Cl2N4O3S. The monoisotopic (exact) mass is 464 g/mol. The van der Waals surface area contributed by atoms with Gasteiger partial charge in [-0.15, -0.1) is 10.2 Å². The fraction of sp³-hybridized carbons (Fsp3) is 0.200. The number of anilines is 1. The molecule has 0 saturated carbocycles. The van der Waals surface area contributed by atoms with Crippen molar-refractivity contribution in [1.29, 1.82) is 0 Å². The zero-order valence-electron chi connectivity index (χ0n) is 15.8. The molecule has 0 fully saturated rings. The lowest BCUT2D eigenvalue weighted by molar-refractivity contribution is -0.125. The van der Waals surface area contributed by atoms with E-state index in [0.29, 0.717) is 15.9 Å². The van der Waals surface area contributed by atoms with E-state index in [2.05, 4.69) is 20.8 Å². The molecule has 3 aromatic rings. The molecular weight excluding hydrogens is 447 g/mol. The Labute approximate surface area is 187 Å². The van der Waals surface area contributed by atoms with Crippen molar-refractivity contribution in [2.24, 2.45) is 0 Å². The van der Waals surface area contributed by atoms with E-state index in [-0.39, 0.29) is 6.42 Å². The molecule has 2 amide bonds. The molecule has 1 aromatic heterocycles. The number of nitrogens with zero attached hydrogens (tertiary/aromatic N) is 2. The number of hydrogen-bond acceptors (Lipinski definition) is 6. The molecule has 10 heteroatoms. The van der Waals surface area contributed by atoms with Crippen molar-refractivity contribution in [2.45, 2.75) is 17.3 Å². The van der Waals surface area contributed by atoms with E-state index in [1.165, 1.54) is 11.3 Å². The Bertz CT molecular complexity index is 1010. The standard InChI is InChI=1S/C20H18Cl2N4O3S/c1-29-14-9-5-8-13(11-14)19-25-26-20(30-19)24-17(27)15(23-18(28)16(21)22)10-12-6-3-2-4-7-12/h2-9,11,15-16H,10H2,1H3,(H,23,28)(H,24,26,27)/t15-/m0/s1. The maximum Gasteiger partial charge on any atom is 0.253 e. The first kappa shape index (κ1) is 22.0. The molecule has 1 atom stereocenters. The Morgan fingerprint density at radius 3 is 2.53 bits per heavy atom. The molecule has 0 bridgehead atoms. The third-order valence-corrected chi connectivity index (χ3v) is 5.37. The van der Waals surface area contributed by atoms with E-state index in [1.807, 2.05) is 54.6 Å². The summed E-state index contributed by atoms with van der Waals surface area (Å²) in [5.74, 6) is -0.408. The van der Waals surface area contributed by atoms with Gasteiger partial charge in [-0.2, -0.15) is 0 Å². The lowest BCUT2D eigenvalue weighted by Crippen LogP contribution is -2.47. The molecule has 7 nitrogen and oxygen atoms in total. The fourth-order valence-corrected chi connectivity index (χ4v) is 3.50. The van der Waals surface area contributed by atoms with Crippen LogP contribution in [0.15, 0.2) is 54.6 Å². The molecule has 0 aliphatic rings. The van der Waals surface area contributed by atoms with Crippen LogP contribution in [-0.2, 0) is 16.0 Å². The highest BCUT2D eigenvalue weighted by Gasteiger charge is 2.25. The third kappa shape index (κ3) is 5.91. The maximum atomic E-state index is 12.8. The van der Waals surface area contributed by atoms with Crippen molar-refractivity contribution in [1.82, 2.24) is 15.5 Å². The number of benzene rings is 2. The second-order valence-corrected chi connectivity index (χ2v) is 8.26. The number of hydrogen-bond donors (Lipinski definition) is 2. The molecule has 156 valence electrons. The van der Waals surface area contributed by atoms with E-state index in [4.69, 9.17) is 27.9 Å². The van der Waals surface area contributed by atoms with Gasteiger partial charge < -0.3 is 10.1 Å². The molecule has 0 aliphatic carbocycles. The third-order valence-electron chi connectivity index (χ3n) is 4.09. The van der Waals surface area contributed by atoms with Gasteiger partial charge in [0.05, 0.1) is 7.11 Å². The van der Waals surface area contributed by atoms with Crippen molar-refractivity contribution in [3.05, 3.63) is 60.2 Å². The summed E-state index contributed by atoms with van der Waals surface area (Å²) in [5.41, 5.74) is 1.68. The Hall–Kier alpha value is -2.68. The van der Waals surface area contributed by atoms with E-state index in [0.717, 1.165) is 11.1 Å². The highest BCUT2D eigenvalue weighted by molar-refractivity contribution is 7.18. The van der Waals surface area contributed by atoms with Gasteiger partial charge in [-0.25, -0.2) is 0 Å². The largest absolute Gasteiger partial charge is 0.497 e. The number of nitrogens with one attached hydrogen (secondary N) is 2. The number of carbonyl (C=O) groups excluding carboxylic acids is 2. The fourth-order valence-electron chi connectivity index (χ4n) is 2.63. The Kier molecular flexibility index (Phi) is 7.62. The van der Waals surface area contributed by atoms with Crippen LogP contribution in [0.5, 0.6) is 5.75 Å². The van der Waals surface area contributed by atoms with E-state index >= 15 is 0 Å². The second kappa shape index (κ2) is 10.4. The first-order valence-electron chi connectivity index (χ1n) is 8.87. The van der Waals surface area contributed by atoms with Gasteiger partial charge in [0.15, 0.2) is 4.84 Å².